The van der Waals surface area contributed by atoms with Crippen molar-refractivity contribution in [1.29, 1.82) is 0 Å². The minimum absolute atomic E-state index is 0.0309. The van der Waals surface area contributed by atoms with Gasteiger partial charge in [-0.15, -0.1) is 0 Å². The number of hydrogen-bond acceptors (Lipinski definition) is 6. The molecule has 1 aromatic carbocycles. The van der Waals surface area contributed by atoms with Crippen LogP contribution in [0.5, 0.6) is 0 Å². The Labute approximate surface area is 186 Å². The van der Waals surface area contributed by atoms with Crippen molar-refractivity contribution in [2.45, 2.75) is 45.4 Å². The van der Waals surface area contributed by atoms with E-state index in [4.69, 9.17) is 13.6 Å². The van der Waals surface area contributed by atoms with E-state index in [1.54, 1.807) is 0 Å². The highest BCUT2D eigenvalue weighted by Crippen LogP contribution is 2.35. The van der Waals surface area contributed by atoms with Gasteiger partial charge in [-0.3, -0.25) is 9.69 Å². The fourth-order valence-electron chi connectivity index (χ4n) is 4.93. The Bertz CT molecular complexity index is 1200. The van der Waals surface area contributed by atoms with Crippen molar-refractivity contribution in [1.82, 2.24) is 10.2 Å². The van der Waals surface area contributed by atoms with E-state index >= 15 is 0 Å². The Morgan fingerprint density at radius 2 is 1.84 bits per heavy atom. The third-order valence-corrected chi connectivity index (χ3v) is 6.78. The molecule has 0 saturated carbocycles. The highest BCUT2D eigenvalue weighted by molar-refractivity contribution is 5.97. The Morgan fingerprint density at radius 3 is 2.69 bits per heavy atom. The van der Waals surface area contributed by atoms with Gasteiger partial charge in [0.05, 0.1) is 25.2 Å². The Morgan fingerprint density at radius 1 is 1.06 bits per heavy atom. The van der Waals surface area contributed by atoms with Crippen molar-refractivity contribution >= 4 is 27.8 Å². The molecule has 2 aliphatic rings. The molecule has 1 N–H and O–H groups in total. The van der Waals surface area contributed by atoms with Crippen molar-refractivity contribution in [3.05, 3.63) is 45.0 Å². The molecule has 1 fully saturated rings. The van der Waals surface area contributed by atoms with Gasteiger partial charge in [0.2, 0.25) is 5.91 Å². The number of hydrogen-bond donors (Lipinski definition) is 1. The number of rotatable bonds is 6. The normalized spacial score (nSPS) is 17.0. The van der Waals surface area contributed by atoms with Crippen LogP contribution in [0.4, 0.5) is 0 Å². The monoisotopic (exact) mass is 438 g/mol. The SMILES string of the molecule is Cc1c(CC(=O)NCCCN2CCOCC2)c(=O)oc2cc3oc4c(c3cc12)CCCC4. The summed E-state index contributed by atoms with van der Waals surface area (Å²) in [4.78, 5) is 27.5. The van der Waals surface area contributed by atoms with Crippen molar-refractivity contribution in [2.75, 3.05) is 39.4 Å². The Hall–Kier alpha value is -2.64. The summed E-state index contributed by atoms with van der Waals surface area (Å²) in [6, 6.07) is 3.90. The maximum atomic E-state index is 12.7. The average molecular weight is 439 g/mol. The van der Waals surface area contributed by atoms with Crippen molar-refractivity contribution < 1.29 is 18.4 Å². The van der Waals surface area contributed by atoms with Gasteiger partial charge in [-0.1, -0.05) is 0 Å². The first-order chi connectivity index (χ1) is 15.6. The Balaban J connectivity index is 1.31. The molecular formula is C25H30N2O5. The van der Waals surface area contributed by atoms with Gasteiger partial charge in [0.15, 0.2) is 0 Å². The zero-order chi connectivity index (χ0) is 22.1. The lowest BCUT2D eigenvalue weighted by atomic mass is 9.94. The van der Waals surface area contributed by atoms with E-state index < -0.39 is 5.63 Å². The molecule has 7 heteroatoms. The van der Waals surface area contributed by atoms with E-state index in [-0.39, 0.29) is 12.3 Å². The minimum atomic E-state index is -0.450. The third kappa shape index (κ3) is 4.19. The summed E-state index contributed by atoms with van der Waals surface area (Å²) in [7, 11) is 0. The van der Waals surface area contributed by atoms with Crippen LogP contribution < -0.4 is 10.9 Å². The number of furan rings is 1. The second kappa shape index (κ2) is 9.08. The molecule has 7 nitrogen and oxygen atoms in total. The summed E-state index contributed by atoms with van der Waals surface area (Å²) in [5.74, 6) is 0.904. The van der Waals surface area contributed by atoms with Gasteiger partial charge in [0.25, 0.3) is 0 Å². The van der Waals surface area contributed by atoms with Crippen molar-refractivity contribution in [3.8, 4) is 0 Å². The molecule has 170 valence electrons. The van der Waals surface area contributed by atoms with Gasteiger partial charge in [-0.05, 0) is 50.8 Å². The summed E-state index contributed by atoms with van der Waals surface area (Å²) in [6.45, 7) is 6.87. The molecule has 0 unspecified atom stereocenters. The van der Waals surface area contributed by atoms with Gasteiger partial charge in [-0.2, -0.15) is 0 Å². The molecule has 2 aromatic heterocycles. The van der Waals surface area contributed by atoms with Crippen LogP contribution in [-0.2, 0) is 28.8 Å². The van der Waals surface area contributed by atoms with Crippen LogP contribution >= 0.6 is 0 Å². The molecule has 1 amide bonds. The average Bonchev–Trinajstić information content (AvgIpc) is 3.16. The molecule has 3 heterocycles. The number of fused-ring (bicyclic) bond motifs is 4. The maximum absolute atomic E-state index is 12.7. The van der Waals surface area contributed by atoms with Gasteiger partial charge in [0, 0.05) is 48.5 Å². The van der Waals surface area contributed by atoms with Crippen LogP contribution in [0, 0.1) is 6.92 Å². The number of benzene rings is 1. The first-order valence-corrected chi connectivity index (χ1v) is 11.7. The highest BCUT2D eigenvalue weighted by Gasteiger charge is 2.21. The fraction of sp³-hybridized carbons (Fsp3) is 0.520. The van der Waals surface area contributed by atoms with Gasteiger partial charge in [0.1, 0.15) is 16.9 Å². The molecule has 0 bridgehead atoms. The van der Waals surface area contributed by atoms with E-state index in [1.165, 1.54) is 12.0 Å². The summed E-state index contributed by atoms with van der Waals surface area (Å²) >= 11 is 0. The summed E-state index contributed by atoms with van der Waals surface area (Å²) < 4.78 is 17.0. The lowest BCUT2D eigenvalue weighted by Gasteiger charge is -2.26. The zero-order valence-electron chi connectivity index (χ0n) is 18.6. The molecule has 32 heavy (non-hydrogen) atoms. The number of carbonyl (C=O) groups excluding carboxylic acids is 1. The van der Waals surface area contributed by atoms with Crippen molar-refractivity contribution in [3.63, 3.8) is 0 Å². The lowest BCUT2D eigenvalue weighted by Crippen LogP contribution is -2.38. The second-order valence-electron chi connectivity index (χ2n) is 8.88. The topological polar surface area (TPSA) is 84.9 Å². The number of aryl methyl sites for hydroxylation is 3. The van der Waals surface area contributed by atoms with Crippen LogP contribution in [0.15, 0.2) is 25.8 Å². The van der Waals surface area contributed by atoms with Crippen LogP contribution in [-0.4, -0.2) is 50.2 Å². The number of nitrogens with zero attached hydrogens (tertiary/aromatic N) is 1. The summed E-state index contributed by atoms with van der Waals surface area (Å²) in [5.41, 5.74) is 3.36. The maximum Gasteiger partial charge on any atom is 0.340 e. The smallest absolute Gasteiger partial charge is 0.340 e. The first-order valence-electron chi connectivity index (χ1n) is 11.7. The van der Waals surface area contributed by atoms with E-state index in [2.05, 4.69) is 16.3 Å². The zero-order valence-corrected chi connectivity index (χ0v) is 18.6. The molecule has 1 aliphatic carbocycles. The number of carbonyl (C=O) groups is 1. The number of morpholine rings is 1. The molecular weight excluding hydrogens is 408 g/mol. The van der Waals surface area contributed by atoms with Crippen molar-refractivity contribution in [2.24, 2.45) is 0 Å². The quantitative estimate of drug-likeness (QED) is 0.470. The minimum Gasteiger partial charge on any atom is -0.461 e. The highest BCUT2D eigenvalue weighted by atomic mass is 16.5. The second-order valence-corrected chi connectivity index (χ2v) is 8.88. The van der Waals surface area contributed by atoms with Gasteiger partial charge < -0.3 is 18.9 Å². The molecule has 1 aliphatic heterocycles. The standard InChI is InChI=1S/C25H30N2O5/c1-16-18-13-20-17-5-2-3-6-21(17)31-23(20)15-22(18)32-25(29)19(16)14-24(28)26-7-4-8-27-9-11-30-12-10-27/h13,15H,2-12,14H2,1H3,(H,26,28). The third-order valence-electron chi connectivity index (χ3n) is 6.78. The van der Waals surface area contributed by atoms with Crippen LogP contribution in [0.1, 0.15) is 41.7 Å². The Kier molecular flexibility index (Phi) is 6.02. The largest absolute Gasteiger partial charge is 0.461 e. The summed E-state index contributed by atoms with van der Waals surface area (Å²) in [5, 5.41) is 4.92. The lowest BCUT2D eigenvalue weighted by molar-refractivity contribution is -0.120. The molecule has 0 radical (unpaired) electrons. The number of amides is 1. The van der Waals surface area contributed by atoms with E-state index in [1.807, 2.05) is 13.0 Å². The summed E-state index contributed by atoms with van der Waals surface area (Å²) in [6.07, 6.45) is 5.19. The fourth-order valence-corrected chi connectivity index (χ4v) is 4.93. The number of ether oxygens (including phenoxy) is 1. The van der Waals surface area contributed by atoms with Crippen LogP contribution in [0.3, 0.4) is 0 Å². The van der Waals surface area contributed by atoms with E-state index in [0.717, 1.165) is 86.2 Å². The molecule has 5 rings (SSSR count). The number of nitrogens with one attached hydrogen (secondary N) is 1. The molecule has 3 aromatic rings. The molecule has 0 atom stereocenters. The van der Waals surface area contributed by atoms with E-state index in [9.17, 15) is 9.59 Å². The van der Waals surface area contributed by atoms with Gasteiger partial charge in [-0.25, -0.2) is 4.79 Å². The van der Waals surface area contributed by atoms with Gasteiger partial charge >= 0.3 is 5.63 Å². The van der Waals surface area contributed by atoms with E-state index in [0.29, 0.717) is 17.7 Å². The molecule has 1 saturated heterocycles. The molecule has 0 spiro atoms. The predicted octanol–water partition coefficient (Wildman–Crippen LogP) is 3.11. The van der Waals surface area contributed by atoms with Crippen LogP contribution in [0.25, 0.3) is 21.9 Å². The first kappa shape index (κ1) is 21.2. The predicted molar refractivity (Wildman–Crippen MR) is 122 cm³/mol. The van der Waals surface area contributed by atoms with Crippen LogP contribution in [0.2, 0.25) is 0 Å².